The van der Waals surface area contributed by atoms with Crippen LogP contribution in [0.1, 0.15) is 22.3 Å². The van der Waals surface area contributed by atoms with Crippen molar-refractivity contribution in [2.24, 2.45) is 0 Å². The molecule has 0 saturated carbocycles. The molecule has 0 atom stereocenters. The highest BCUT2D eigenvalue weighted by atomic mass is 32.1. The number of ether oxygens (including phenoxy) is 1. The van der Waals surface area contributed by atoms with Crippen molar-refractivity contribution in [2.75, 3.05) is 7.11 Å². The second-order valence-electron chi connectivity index (χ2n) is 8.78. The molecule has 0 aliphatic rings. The van der Waals surface area contributed by atoms with Crippen LogP contribution in [0.25, 0.3) is 31.9 Å². The van der Waals surface area contributed by atoms with Gasteiger partial charge in [-0.2, -0.15) is 0 Å². The summed E-state index contributed by atoms with van der Waals surface area (Å²) in [4.78, 5) is 4.87. The van der Waals surface area contributed by atoms with E-state index in [-0.39, 0.29) is 0 Å². The van der Waals surface area contributed by atoms with Gasteiger partial charge in [0.2, 0.25) is 0 Å². The van der Waals surface area contributed by atoms with Crippen molar-refractivity contribution in [1.29, 1.82) is 0 Å². The van der Waals surface area contributed by atoms with Gasteiger partial charge in [0, 0.05) is 5.56 Å². The topological polar surface area (TPSA) is 22.1 Å². The molecular formula is C34H25NOS. The third kappa shape index (κ3) is 4.69. The lowest BCUT2D eigenvalue weighted by molar-refractivity contribution is 0.415. The summed E-state index contributed by atoms with van der Waals surface area (Å²) in [6.45, 7) is 0. The minimum Gasteiger partial charge on any atom is -0.497 e. The summed E-state index contributed by atoms with van der Waals surface area (Å²) in [6, 6.07) is 46.8. The van der Waals surface area contributed by atoms with Crippen molar-refractivity contribution < 1.29 is 4.74 Å². The zero-order valence-electron chi connectivity index (χ0n) is 20.5. The van der Waals surface area contributed by atoms with Crippen LogP contribution in [-0.4, -0.2) is 12.1 Å². The molecule has 178 valence electrons. The van der Waals surface area contributed by atoms with Crippen molar-refractivity contribution in [2.45, 2.75) is 0 Å². The number of aromatic nitrogens is 1. The van der Waals surface area contributed by atoms with Gasteiger partial charge in [-0.3, -0.25) is 0 Å². The van der Waals surface area contributed by atoms with Crippen molar-refractivity contribution in [3.8, 4) is 16.3 Å². The Labute approximate surface area is 221 Å². The first-order valence-electron chi connectivity index (χ1n) is 12.3. The van der Waals surface area contributed by atoms with E-state index in [0.29, 0.717) is 0 Å². The van der Waals surface area contributed by atoms with Crippen LogP contribution in [0.4, 0.5) is 0 Å². The number of nitrogens with zero attached hydrogens (tertiary/aromatic N) is 1. The highest BCUT2D eigenvalue weighted by molar-refractivity contribution is 7.21. The first kappa shape index (κ1) is 23.0. The molecule has 0 spiro atoms. The second-order valence-corrected chi connectivity index (χ2v) is 9.81. The van der Waals surface area contributed by atoms with E-state index < -0.39 is 0 Å². The fraction of sp³-hybridized carbons (Fsp3) is 0.0294. The van der Waals surface area contributed by atoms with Crippen LogP contribution in [0.15, 0.2) is 133 Å². The van der Waals surface area contributed by atoms with E-state index in [1.165, 1.54) is 33.4 Å². The predicted molar refractivity (Wildman–Crippen MR) is 156 cm³/mol. The minimum atomic E-state index is 0.852. The van der Waals surface area contributed by atoms with E-state index in [1.54, 1.807) is 18.4 Å². The number of methoxy groups -OCH3 is 1. The van der Waals surface area contributed by atoms with Gasteiger partial charge in [-0.05, 0) is 51.6 Å². The number of hydrogen-bond acceptors (Lipinski definition) is 3. The molecule has 6 rings (SSSR count). The number of thiazole rings is 1. The molecule has 0 fully saturated rings. The van der Waals surface area contributed by atoms with Crippen LogP contribution in [0.2, 0.25) is 0 Å². The van der Waals surface area contributed by atoms with E-state index in [0.717, 1.165) is 26.5 Å². The Kier molecular flexibility index (Phi) is 6.36. The van der Waals surface area contributed by atoms with Gasteiger partial charge in [-0.25, -0.2) is 4.98 Å². The Morgan fingerprint density at radius 2 is 1.05 bits per heavy atom. The quantitative estimate of drug-likeness (QED) is 0.215. The zero-order chi connectivity index (χ0) is 25.0. The Bertz CT molecular complexity index is 1630. The molecule has 0 aliphatic heterocycles. The van der Waals surface area contributed by atoms with E-state index in [2.05, 4.69) is 115 Å². The number of rotatable bonds is 6. The normalized spacial score (nSPS) is 10.8. The first-order valence-corrected chi connectivity index (χ1v) is 13.1. The van der Waals surface area contributed by atoms with Gasteiger partial charge in [-0.1, -0.05) is 115 Å². The molecule has 0 aliphatic carbocycles. The maximum absolute atomic E-state index is 5.39. The van der Waals surface area contributed by atoms with E-state index in [1.807, 2.05) is 18.2 Å². The molecule has 0 amide bonds. The lowest BCUT2D eigenvalue weighted by Crippen LogP contribution is -1.97. The van der Waals surface area contributed by atoms with Crippen LogP contribution in [-0.2, 0) is 0 Å². The van der Waals surface area contributed by atoms with Crippen molar-refractivity contribution >= 4 is 32.7 Å². The van der Waals surface area contributed by atoms with E-state index >= 15 is 0 Å². The molecule has 37 heavy (non-hydrogen) atoms. The molecule has 0 saturated heterocycles. The molecule has 6 aromatic rings. The SMILES string of the molecule is COc1ccc2nc(-c3ccc(C(=C(c4ccccc4)c4ccccc4)c4ccccc4)cc3)sc2c1. The van der Waals surface area contributed by atoms with Crippen LogP contribution in [0.3, 0.4) is 0 Å². The van der Waals surface area contributed by atoms with E-state index in [9.17, 15) is 0 Å². The Balaban J connectivity index is 1.52. The number of fused-ring (bicyclic) bond motifs is 1. The van der Waals surface area contributed by atoms with Gasteiger partial charge in [0.05, 0.1) is 17.3 Å². The molecule has 1 aromatic heterocycles. The van der Waals surface area contributed by atoms with Crippen LogP contribution in [0.5, 0.6) is 5.75 Å². The van der Waals surface area contributed by atoms with Gasteiger partial charge < -0.3 is 4.74 Å². The summed E-state index contributed by atoms with van der Waals surface area (Å²) >= 11 is 1.69. The summed E-state index contributed by atoms with van der Waals surface area (Å²) in [6.07, 6.45) is 0. The lowest BCUT2D eigenvalue weighted by atomic mass is 9.85. The maximum atomic E-state index is 5.39. The van der Waals surface area contributed by atoms with Gasteiger partial charge in [-0.15, -0.1) is 11.3 Å². The monoisotopic (exact) mass is 495 g/mol. The number of benzene rings is 5. The third-order valence-electron chi connectivity index (χ3n) is 6.45. The van der Waals surface area contributed by atoms with E-state index in [4.69, 9.17) is 9.72 Å². The average molecular weight is 496 g/mol. The molecule has 0 unspecified atom stereocenters. The van der Waals surface area contributed by atoms with Crippen LogP contribution < -0.4 is 4.74 Å². The van der Waals surface area contributed by atoms with Gasteiger partial charge >= 0.3 is 0 Å². The zero-order valence-corrected chi connectivity index (χ0v) is 21.3. The minimum absolute atomic E-state index is 0.852. The van der Waals surface area contributed by atoms with Gasteiger partial charge in [0.25, 0.3) is 0 Å². The molecule has 3 heteroatoms. The predicted octanol–water partition coefficient (Wildman–Crippen LogP) is 8.98. The van der Waals surface area contributed by atoms with Gasteiger partial charge in [0.1, 0.15) is 10.8 Å². The van der Waals surface area contributed by atoms with Crippen LogP contribution in [0, 0.1) is 0 Å². The fourth-order valence-corrected chi connectivity index (χ4v) is 5.66. The van der Waals surface area contributed by atoms with Crippen molar-refractivity contribution in [3.63, 3.8) is 0 Å². The molecule has 0 bridgehead atoms. The average Bonchev–Trinajstić information content (AvgIpc) is 3.41. The number of hydrogen-bond donors (Lipinski definition) is 0. The molecule has 1 heterocycles. The lowest BCUT2D eigenvalue weighted by Gasteiger charge is -2.18. The Morgan fingerprint density at radius 1 is 0.568 bits per heavy atom. The third-order valence-corrected chi connectivity index (χ3v) is 7.52. The second kappa shape index (κ2) is 10.3. The fourth-order valence-electron chi connectivity index (χ4n) is 4.66. The Morgan fingerprint density at radius 3 is 1.54 bits per heavy atom. The van der Waals surface area contributed by atoms with Crippen molar-refractivity contribution in [1.82, 2.24) is 4.98 Å². The standard InChI is InChI=1S/C34H25NOS/c1-36-29-21-22-30-31(23-29)37-34(35-30)28-19-17-27(18-20-28)33(26-15-9-4-10-16-26)32(24-11-5-2-6-12-24)25-13-7-3-8-14-25/h2-23H,1H3. The van der Waals surface area contributed by atoms with Crippen LogP contribution >= 0.6 is 11.3 Å². The maximum Gasteiger partial charge on any atom is 0.124 e. The van der Waals surface area contributed by atoms with Crippen molar-refractivity contribution in [3.05, 3.63) is 156 Å². The summed E-state index contributed by atoms with van der Waals surface area (Å²) in [5.41, 5.74) is 9.26. The Hall–Kier alpha value is -4.47. The molecule has 5 aromatic carbocycles. The molecule has 2 nitrogen and oxygen atoms in total. The highest BCUT2D eigenvalue weighted by Gasteiger charge is 2.16. The first-order chi connectivity index (χ1) is 18.3. The largest absolute Gasteiger partial charge is 0.497 e. The summed E-state index contributed by atoms with van der Waals surface area (Å²) in [5, 5.41) is 1.01. The summed E-state index contributed by atoms with van der Waals surface area (Å²) in [5.74, 6) is 0.852. The molecule has 0 N–H and O–H groups in total. The molecule has 0 radical (unpaired) electrons. The summed E-state index contributed by atoms with van der Waals surface area (Å²) < 4.78 is 6.51. The smallest absolute Gasteiger partial charge is 0.124 e. The van der Waals surface area contributed by atoms with Gasteiger partial charge in [0.15, 0.2) is 0 Å². The molecular weight excluding hydrogens is 470 g/mol. The highest BCUT2D eigenvalue weighted by Crippen LogP contribution is 2.38. The summed E-state index contributed by atoms with van der Waals surface area (Å²) in [7, 11) is 1.69.